The molecule has 27 heavy (non-hydrogen) atoms. The van der Waals surface area contributed by atoms with E-state index in [0.29, 0.717) is 29.7 Å². The van der Waals surface area contributed by atoms with Crippen molar-refractivity contribution in [1.82, 2.24) is 4.90 Å². The average molecular weight is 380 g/mol. The first-order chi connectivity index (χ1) is 13.2. The Balaban J connectivity index is 1.56. The smallest absolute Gasteiger partial charge is 0.266 e. The molecule has 138 valence electrons. The van der Waals surface area contributed by atoms with E-state index in [9.17, 15) is 10.1 Å². The summed E-state index contributed by atoms with van der Waals surface area (Å²) < 4.78 is 0. The number of amides is 1. The van der Waals surface area contributed by atoms with Gasteiger partial charge in [0, 0.05) is 19.3 Å². The molecule has 0 spiro atoms. The number of likely N-dealkylation sites (tertiary alicyclic amines) is 1. The number of carbonyl (C=O) groups excluding carboxylic acids is 1. The second kappa shape index (κ2) is 9.25. The molecular weight excluding hydrogens is 358 g/mol. The number of benzene rings is 2. The number of nitriles is 1. The van der Waals surface area contributed by atoms with Gasteiger partial charge in [0.05, 0.1) is 10.7 Å². The van der Waals surface area contributed by atoms with Crippen molar-refractivity contribution >= 4 is 23.2 Å². The van der Waals surface area contributed by atoms with Crippen LogP contribution in [0.5, 0.6) is 0 Å². The molecule has 5 heteroatoms. The molecule has 1 N–H and O–H groups in total. The molecule has 1 heterocycles. The van der Waals surface area contributed by atoms with Crippen LogP contribution in [0, 0.1) is 17.2 Å². The van der Waals surface area contributed by atoms with Crippen LogP contribution in [0.3, 0.4) is 0 Å². The van der Waals surface area contributed by atoms with Crippen molar-refractivity contribution in [3.63, 3.8) is 0 Å². The fourth-order valence-electron chi connectivity index (χ4n) is 3.33. The highest BCUT2D eigenvalue weighted by Crippen LogP contribution is 2.23. The molecule has 1 aliphatic heterocycles. The van der Waals surface area contributed by atoms with Crippen LogP contribution in [0.4, 0.5) is 5.69 Å². The van der Waals surface area contributed by atoms with Crippen molar-refractivity contribution in [2.75, 3.05) is 18.4 Å². The summed E-state index contributed by atoms with van der Waals surface area (Å²) in [6, 6.07) is 19.7. The molecule has 1 aliphatic rings. The molecule has 0 radical (unpaired) electrons. The highest BCUT2D eigenvalue weighted by molar-refractivity contribution is 6.33. The van der Waals surface area contributed by atoms with Crippen LogP contribution >= 0.6 is 11.6 Å². The fourth-order valence-corrected chi connectivity index (χ4v) is 3.52. The number of piperidine rings is 1. The monoisotopic (exact) mass is 379 g/mol. The second-order valence-corrected chi connectivity index (χ2v) is 7.13. The summed E-state index contributed by atoms with van der Waals surface area (Å²) in [5, 5.41) is 12.9. The predicted octanol–water partition coefficient (Wildman–Crippen LogP) is 4.64. The van der Waals surface area contributed by atoms with Crippen LogP contribution in [0.2, 0.25) is 5.02 Å². The lowest BCUT2D eigenvalue weighted by atomic mass is 9.90. The fraction of sp³-hybridized carbons (Fsp3) is 0.273. The van der Waals surface area contributed by atoms with Crippen molar-refractivity contribution in [1.29, 1.82) is 5.26 Å². The average Bonchev–Trinajstić information content (AvgIpc) is 2.71. The Hall–Kier alpha value is -2.77. The van der Waals surface area contributed by atoms with Crippen molar-refractivity contribution in [2.45, 2.75) is 19.3 Å². The Kier molecular flexibility index (Phi) is 6.51. The van der Waals surface area contributed by atoms with Gasteiger partial charge in [-0.2, -0.15) is 5.26 Å². The van der Waals surface area contributed by atoms with Crippen molar-refractivity contribution in [3.8, 4) is 6.07 Å². The van der Waals surface area contributed by atoms with Gasteiger partial charge < -0.3 is 10.2 Å². The lowest BCUT2D eigenvalue weighted by molar-refractivity contribution is -0.128. The first-order valence-electron chi connectivity index (χ1n) is 9.12. The van der Waals surface area contributed by atoms with Gasteiger partial charge in [-0.1, -0.05) is 54.1 Å². The highest BCUT2D eigenvalue weighted by Gasteiger charge is 2.25. The van der Waals surface area contributed by atoms with Crippen LogP contribution in [-0.2, 0) is 11.2 Å². The number of anilines is 1. The van der Waals surface area contributed by atoms with Gasteiger partial charge in [-0.25, -0.2) is 0 Å². The van der Waals surface area contributed by atoms with E-state index in [1.54, 1.807) is 17.0 Å². The quantitative estimate of drug-likeness (QED) is 0.608. The Morgan fingerprint density at radius 1 is 1.15 bits per heavy atom. The summed E-state index contributed by atoms with van der Waals surface area (Å²) >= 11 is 6.09. The number of nitrogens with zero attached hydrogens (tertiary/aromatic N) is 2. The molecule has 0 saturated carbocycles. The van der Waals surface area contributed by atoms with E-state index in [1.165, 1.54) is 11.8 Å². The third-order valence-corrected chi connectivity index (χ3v) is 5.20. The van der Waals surface area contributed by atoms with Gasteiger partial charge in [-0.3, -0.25) is 4.79 Å². The topological polar surface area (TPSA) is 56.1 Å². The summed E-state index contributed by atoms with van der Waals surface area (Å²) in [4.78, 5) is 14.4. The van der Waals surface area contributed by atoms with Crippen molar-refractivity contribution < 1.29 is 4.79 Å². The first kappa shape index (κ1) is 19.0. The Bertz CT molecular complexity index is 849. The van der Waals surface area contributed by atoms with Gasteiger partial charge in [0.1, 0.15) is 11.6 Å². The van der Waals surface area contributed by atoms with Gasteiger partial charge in [-0.15, -0.1) is 0 Å². The maximum absolute atomic E-state index is 12.7. The third kappa shape index (κ3) is 5.12. The molecule has 0 aliphatic carbocycles. The van der Waals surface area contributed by atoms with Crippen molar-refractivity contribution in [3.05, 3.63) is 77.0 Å². The zero-order chi connectivity index (χ0) is 19.1. The van der Waals surface area contributed by atoms with Crippen LogP contribution in [-0.4, -0.2) is 23.9 Å². The second-order valence-electron chi connectivity index (χ2n) is 6.72. The van der Waals surface area contributed by atoms with Gasteiger partial charge in [-0.05, 0) is 42.9 Å². The molecule has 0 atom stereocenters. The normalized spacial score (nSPS) is 15.3. The van der Waals surface area contributed by atoms with E-state index < -0.39 is 0 Å². The number of hydrogen-bond donors (Lipinski definition) is 1. The van der Waals surface area contributed by atoms with Gasteiger partial charge in [0.25, 0.3) is 5.91 Å². The van der Waals surface area contributed by atoms with Crippen LogP contribution in [0.1, 0.15) is 18.4 Å². The molecule has 3 rings (SSSR count). The SMILES string of the molecule is N#C/C(=C/Nc1ccccc1Cl)C(=O)N1CCC(Cc2ccccc2)CC1. The molecule has 0 unspecified atom stereocenters. The molecule has 1 amide bonds. The zero-order valence-corrected chi connectivity index (χ0v) is 15.8. The molecule has 1 fully saturated rings. The molecular formula is C22H22ClN3O. The van der Waals surface area contributed by atoms with Crippen molar-refractivity contribution in [2.24, 2.45) is 5.92 Å². The standard InChI is InChI=1S/C22H22ClN3O/c23-20-8-4-5-9-21(20)25-16-19(15-24)22(27)26-12-10-18(11-13-26)14-17-6-2-1-3-7-17/h1-9,16,18,25H,10-14H2/b19-16-. The number of rotatable bonds is 5. The largest absolute Gasteiger partial charge is 0.359 e. The maximum atomic E-state index is 12.7. The Morgan fingerprint density at radius 3 is 2.48 bits per heavy atom. The molecule has 2 aromatic carbocycles. The van der Waals surface area contributed by atoms with Crippen LogP contribution < -0.4 is 5.32 Å². The van der Waals surface area contributed by atoms with Gasteiger partial charge in [0.2, 0.25) is 0 Å². The number of carbonyl (C=O) groups is 1. The summed E-state index contributed by atoms with van der Waals surface area (Å²) in [6.45, 7) is 1.36. The Morgan fingerprint density at radius 2 is 1.81 bits per heavy atom. The predicted molar refractivity (Wildman–Crippen MR) is 108 cm³/mol. The Labute approximate surface area is 165 Å². The third-order valence-electron chi connectivity index (χ3n) is 4.87. The lowest BCUT2D eigenvalue weighted by Crippen LogP contribution is -2.39. The summed E-state index contributed by atoms with van der Waals surface area (Å²) in [7, 11) is 0. The first-order valence-corrected chi connectivity index (χ1v) is 9.49. The zero-order valence-electron chi connectivity index (χ0n) is 15.1. The molecule has 0 bridgehead atoms. The summed E-state index contributed by atoms with van der Waals surface area (Å²) in [5.41, 5.74) is 2.10. The van der Waals surface area contributed by atoms with E-state index in [0.717, 1.165) is 19.3 Å². The van der Waals surface area contributed by atoms with Gasteiger partial charge >= 0.3 is 0 Å². The minimum atomic E-state index is -0.227. The highest BCUT2D eigenvalue weighted by atomic mass is 35.5. The van der Waals surface area contributed by atoms with Crippen LogP contribution in [0.15, 0.2) is 66.4 Å². The summed E-state index contributed by atoms with van der Waals surface area (Å²) in [5.74, 6) is 0.349. The molecule has 0 aromatic heterocycles. The van der Waals surface area contributed by atoms with E-state index in [-0.39, 0.29) is 11.5 Å². The molecule has 4 nitrogen and oxygen atoms in total. The minimum Gasteiger partial charge on any atom is -0.359 e. The maximum Gasteiger partial charge on any atom is 0.266 e. The summed E-state index contributed by atoms with van der Waals surface area (Å²) in [6.07, 6.45) is 4.39. The van der Waals surface area contributed by atoms with Crippen LogP contribution in [0.25, 0.3) is 0 Å². The number of hydrogen-bond acceptors (Lipinski definition) is 3. The van der Waals surface area contributed by atoms with E-state index in [4.69, 9.17) is 11.6 Å². The number of para-hydroxylation sites is 1. The van der Waals surface area contributed by atoms with E-state index in [1.807, 2.05) is 24.3 Å². The minimum absolute atomic E-state index is 0.0939. The molecule has 2 aromatic rings. The van der Waals surface area contributed by atoms with E-state index >= 15 is 0 Å². The van der Waals surface area contributed by atoms with Gasteiger partial charge in [0.15, 0.2) is 0 Å². The number of nitrogens with one attached hydrogen (secondary N) is 1. The van der Waals surface area contributed by atoms with E-state index in [2.05, 4.69) is 29.6 Å². The molecule has 1 saturated heterocycles. The number of halogens is 1. The lowest BCUT2D eigenvalue weighted by Gasteiger charge is -2.32.